The predicted molar refractivity (Wildman–Crippen MR) is 177 cm³/mol. The van der Waals surface area contributed by atoms with Gasteiger partial charge in [-0.3, -0.25) is 4.79 Å². The van der Waals surface area contributed by atoms with Crippen LogP contribution in [0.15, 0.2) is 36.1 Å². The number of esters is 1. The molecule has 0 radical (unpaired) electrons. The normalized spacial score (nSPS) is 16.4. The maximum Gasteiger partial charge on any atom is 0.321 e. The van der Waals surface area contributed by atoms with Crippen molar-refractivity contribution in [3.8, 4) is 0 Å². The third-order valence-corrected chi connectivity index (χ3v) is 8.41. The predicted octanol–water partition coefficient (Wildman–Crippen LogP) is 13.1. The first-order valence-electron chi connectivity index (χ1n) is 18.0. The molecule has 1 aliphatic rings. The summed E-state index contributed by atoms with van der Waals surface area (Å²) in [6, 6.07) is 0. The van der Waals surface area contributed by atoms with E-state index < -0.39 is 0 Å². The van der Waals surface area contributed by atoms with Gasteiger partial charge >= 0.3 is 5.97 Å². The summed E-state index contributed by atoms with van der Waals surface area (Å²) in [4.78, 5) is 11.9. The Morgan fingerprint density at radius 3 is 1.23 bits per heavy atom. The van der Waals surface area contributed by atoms with Crippen LogP contribution in [0.5, 0.6) is 0 Å². The molecule has 1 saturated heterocycles. The van der Waals surface area contributed by atoms with E-state index in [1.165, 1.54) is 161 Å². The van der Waals surface area contributed by atoms with Crippen molar-refractivity contribution in [1.29, 1.82) is 0 Å². The van der Waals surface area contributed by atoms with Gasteiger partial charge in [0, 0.05) is 0 Å². The molecule has 1 unspecified atom stereocenters. The molecular formula is C38H68O2. The summed E-state index contributed by atoms with van der Waals surface area (Å²) in [6.07, 6.45) is 48.3. The SMILES string of the molecule is CCCCCC/C=C/CCCCCCCCC/C=C1/OC(=O)C1CCCCCCCCC/C=C/CCCCCC. The van der Waals surface area contributed by atoms with E-state index in [0.717, 1.165) is 25.0 Å². The fourth-order valence-electron chi connectivity index (χ4n) is 5.64. The Balaban J connectivity index is 1.87. The Hall–Kier alpha value is -1.31. The van der Waals surface area contributed by atoms with Crippen molar-refractivity contribution < 1.29 is 9.53 Å². The third kappa shape index (κ3) is 22.4. The minimum absolute atomic E-state index is 0.0102. The highest BCUT2D eigenvalue weighted by Gasteiger charge is 2.36. The zero-order chi connectivity index (χ0) is 28.8. The number of hydrogen-bond acceptors (Lipinski definition) is 2. The highest BCUT2D eigenvalue weighted by atomic mass is 16.6. The molecule has 0 N–H and O–H groups in total. The number of cyclic esters (lactones) is 1. The molecule has 232 valence electrons. The minimum Gasteiger partial charge on any atom is -0.430 e. The molecule has 1 heterocycles. The second-order valence-electron chi connectivity index (χ2n) is 12.3. The summed E-state index contributed by atoms with van der Waals surface area (Å²) in [5.41, 5.74) is 0. The first-order valence-corrected chi connectivity index (χ1v) is 18.0. The highest BCUT2D eigenvalue weighted by molar-refractivity contribution is 5.82. The van der Waals surface area contributed by atoms with Gasteiger partial charge in [0.05, 0.1) is 0 Å². The van der Waals surface area contributed by atoms with E-state index in [1.807, 2.05) is 0 Å². The second-order valence-corrected chi connectivity index (χ2v) is 12.3. The molecule has 0 aliphatic carbocycles. The van der Waals surface area contributed by atoms with Crippen molar-refractivity contribution in [3.63, 3.8) is 0 Å². The monoisotopic (exact) mass is 557 g/mol. The molecule has 0 amide bonds. The van der Waals surface area contributed by atoms with Gasteiger partial charge in [-0.1, -0.05) is 147 Å². The number of unbranched alkanes of at least 4 members (excludes halogenated alkanes) is 23. The molecule has 0 bridgehead atoms. The molecule has 1 aliphatic heterocycles. The van der Waals surface area contributed by atoms with E-state index in [2.05, 4.69) is 44.2 Å². The maximum absolute atomic E-state index is 11.9. The third-order valence-electron chi connectivity index (χ3n) is 8.41. The van der Waals surface area contributed by atoms with Crippen molar-refractivity contribution in [2.75, 3.05) is 0 Å². The molecule has 1 rings (SSSR count). The van der Waals surface area contributed by atoms with Gasteiger partial charge in [0.1, 0.15) is 11.7 Å². The molecule has 0 aromatic heterocycles. The van der Waals surface area contributed by atoms with Crippen molar-refractivity contribution in [3.05, 3.63) is 36.1 Å². The van der Waals surface area contributed by atoms with E-state index in [9.17, 15) is 4.79 Å². The van der Waals surface area contributed by atoms with Crippen LogP contribution < -0.4 is 0 Å². The van der Waals surface area contributed by atoms with Crippen LogP contribution in [0.1, 0.15) is 194 Å². The summed E-state index contributed by atoms with van der Waals surface area (Å²) in [5.74, 6) is 1.05. The van der Waals surface area contributed by atoms with Crippen LogP contribution in [0, 0.1) is 5.92 Å². The quantitative estimate of drug-likeness (QED) is 0.0499. The molecule has 0 aromatic rings. The molecule has 0 spiro atoms. The topological polar surface area (TPSA) is 26.3 Å². The van der Waals surface area contributed by atoms with Gasteiger partial charge in [0.2, 0.25) is 0 Å². The minimum atomic E-state index is 0.0102. The van der Waals surface area contributed by atoms with E-state index >= 15 is 0 Å². The van der Waals surface area contributed by atoms with Crippen molar-refractivity contribution in [1.82, 2.24) is 0 Å². The fourth-order valence-corrected chi connectivity index (χ4v) is 5.64. The lowest BCUT2D eigenvalue weighted by molar-refractivity contribution is -0.157. The maximum atomic E-state index is 11.9. The first kappa shape index (κ1) is 36.7. The Morgan fingerprint density at radius 2 is 0.825 bits per heavy atom. The zero-order valence-electron chi connectivity index (χ0n) is 27.1. The van der Waals surface area contributed by atoms with Gasteiger partial charge in [-0.25, -0.2) is 0 Å². The molecule has 2 heteroatoms. The molecule has 2 nitrogen and oxygen atoms in total. The number of carbonyl (C=O) groups excluding carboxylic acids is 1. The molecule has 40 heavy (non-hydrogen) atoms. The van der Waals surface area contributed by atoms with Gasteiger partial charge in [-0.05, 0) is 76.7 Å². The Labute approximate surface area is 250 Å². The summed E-state index contributed by atoms with van der Waals surface area (Å²) in [6.45, 7) is 4.55. The Bertz CT molecular complexity index is 644. The summed E-state index contributed by atoms with van der Waals surface area (Å²) in [5, 5.41) is 0. The lowest BCUT2D eigenvalue weighted by Gasteiger charge is -2.28. The molecular weight excluding hydrogens is 488 g/mol. The van der Waals surface area contributed by atoms with Crippen molar-refractivity contribution in [2.24, 2.45) is 5.92 Å². The van der Waals surface area contributed by atoms with Gasteiger partial charge in [-0.15, -0.1) is 0 Å². The van der Waals surface area contributed by atoms with Gasteiger partial charge < -0.3 is 4.74 Å². The van der Waals surface area contributed by atoms with Crippen molar-refractivity contribution >= 4 is 5.97 Å². The smallest absolute Gasteiger partial charge is 0.321 e. The van der Waals surface area contributed by atoms with Crippen LogP contribution >= 0.6 is 0 Å². The largest absolute Gasteiger partial charge is 0.430 e. The molecule has 0 aromatic carbocycles. The van der Waals surface area contributed by atoms with Gasteiger partial charge in [0.25, 0.3) is 0 Å². The number of carbonyl (C=O) groups is 1. The van der Waals surface area contributed by atoms with Crippen LogP contribution in [0.2, 0.25) is 0 Å². The second kappa shape index (κ2) is 29.2. The first-order chi connectivity index (χ1) is 19.8. The number of allylic oxidation sites excluding steroid dienone is 5. The Morgan fingerprint density at radius 1 is 0.475 bits per heavy atom. The van der Waals surface area contributed by atoms with Gasteiger partial charge in [-0.2, -0.15) is 0 Å². The lowest BCUT2D eigenvalue weighted by Crippen LogP contribution is -2.32. The average Bonchev–Trinajstić information content (AvgIpc) is 2.96. The standard InChI is InChI=1S/C38H68O2/c1-3-5-7-9-11-13-15-17-19-21-23-25-27-29-31-33-35-37-36(38(39)40-37)34-32-30-28-26-24-22-20-18-16-14-12-10-8-6-4-2/h13-16,35-36H,3-12,17-34H2,1-2H3/b15-13+,16-14+,37-35+. The summed E-state index contributed by atoms with van der Waals surface area (Å²) < 4.78 is 5.36. The number of hydrogen-bond donors (Lipinski definition) is 0. The Kier molecular flexibility index (Phi) is 26.8. The lowest BCUT2D eigenvalue weighted by atomic mass is 9.93. The van der Waals surface area contributed by atoms with Crippen molar-refractivity contribution in [2.45, 2.75) is 194 Å². The van der Waals surface area contributed by atoms with Crippen LogP contribution in [0.3, 0.4) is 0 Å². The number of ether oxygens (including phenoxy) is 1. The fraction of sp³-hybridized carbons (Fsp3) is 0.816. The molecule has 1 fully saturated rings. The van der Waals surface area contributed by atoms with Crippen LogP contribution in [-0.4, -0.2) is 5.97 Å². The molecule has 0 saturated carbocycles. The van der Waals surface area contributed by atoms with Crippen LogP contribution in [0.25, 0.3) is 0 Å². The van der Waals surface area contributed by atoms with Crippen LogP contribution in [0.4, 0.5) is 0 Å². The highest BCUT2D eigenvalue weighted by Crippen LogP contribution is 2.32. The van der Waals surface area contributed by atoms with E-state index in [4.69, 9.17) is 4.74 Å². The van der Waals surface area contributed by atoms with E-state index in [0.29, 0.717) is 0 Å². The summed E-state index contributed by atoms with van der Waals surface area (Å²) >= 11 is 0. The zero-order valence-corrected chi connectivity index (χ0v) is 27.1. The van der Waals surface area contributed by atoms with E-state index in [1.54, 1.807) is 0 Å². The van der Waals surface area contributed by atoms with Gasteiger partial charge in [0.15, 0.2) is 0 Å². The molecule has 1 atom stereocenters. The number of rotatable bonds is 30. The average molecular weight is 557 g/mol. The summed E-state index contributed by atoms with van der Waals surface area (Å²) in [7, 11) is 0. The van der Waals surface area contributed by atoms with E-state index in [-0.39, 0.29) is 11.9 Å². The van der Waals surface area contributed by atoms with Crippen LogP contribution in [-0.2, 0) is 9.53 Å².